The van der Waals surface area contributed by atoms with Crippen molar-refractivity contribution in [2.75, 3.05) is 20.6 Å². The summed E-state index contributed by atoms with van der Waals surface area (Å²) in [5.41, 5.74) is 7.09. The number of benzene rings is 1. The van der Waals surface area contributed by atoms with Gasteiger partial charge in [-0.25, -0.2) is 12.7 Å². The van der Waals surface area contributed by atoms with Crippen molar-refractivity contribution >= 4 is 10.0 Å². The highest BCUT2D eigenvalue weighted by Crippen LogP contribution is 2.42. The lowest BCUT2D eigenvalue weighted by molar-refractivity contribution is 0.253. The third kappa shape index (κ3) is 2.06. The molecule has 5 heteroatoms. The minimum absolute atomic E-state index is 0.0837. The summed E-state index contributed by atoms with van der Waals surface area (Å²) >= 11 is 0. The normalized spacial score (nSPS) is 18.7. The van der Waals surface area contributed by atoms with Gasteiger partial charge in [-0.1, -0.05) is 18.6 Å². The van der Waals surface area contributed by atoms with Crippen molar-refractivity contribution in [3.05, 3.63) is 29.8 Å². The predicted octanol–water partition coefficient (Wildman–Crippen LogP) is 1.32. The number of rotatable bonds is 4. The topological polar surface area (TPSA) is 63.4 Å². The third-order valence-electron chi connectivity index (χ3n) is 3.95. The van der Waals surface area contributed by atoms with E-state index in [4.69, 9.17) is 5.73 Å². The highest BCUT2D eigenvalue weighted by molar-refractivity contribution is 7.89. The molecule has 0 heterocycles. The molecule has 18 heavy (non-hydrogen) atoms. The molecule has 0 unspecified atom stereocenters. The summed E-state index contributed by atoms with van der Waals surface area (Å²) in [5, 5.41) is 0. The lowest BCUT2D eigenvalue weighted by atomic mass is 9.64. The van der Waals surface area contributed by atoms with Gasteiger partial charge < -0.3 is 5.73 Å². The molecule has 2 rings (SSSR count). The predicted molar refractivity (Wildman–Crippen MR) is 71.9 cm³/mol. The van der Waals surface area contributed by atoms with Crippen molar-refractivity contribution in [3.63, 3.8) is 0 Å². The molecule has 0 amide bonds. The van der Waals surface area contributed by atoms with Gasteiger partial charge in [-0.3, -0.25) is 0 Å². The molecule has 0 spiro atoms. The summed E-state index contributed by atoms with van der Waals surface area (Å²) in [7, 11) is -0.256. The van der Waals surface area contributed by atoms with Gasteiger partial charge in [0.25, 0.3) is 0 Å². The Balaban J connectivity index is 2.31. The molecular weight excluding hydrogens is 248 g/mol. The Kier molecular flexibility index (Phi) is 3.49. The van der Waals surface area contributed by atoms with Crippen LogP contribution in [0, 0.1) is 0 Å². The third-order valence-corrected chi connectivity index (χ3v) is 5.78. The van der Waals surface area contributed by atoms with Gasteiger partial charge in [0.15, 0.2) is 0 Å². The van der Waals surface area contributed by atoms with Crippen LogP contribution in [0.2, 0.25) is 0 Å². The average Bonchev–Trinajstić information content (AvgIpc) is 2.29. The van der Waals surface area contributed by atoms with E-state index < -0.39 is 10.0 Å². The molecule has 0 saturated heterocycles. The maximum atomic E-state index is 11.9. The molecule has 2 N–H and O–H groups in total. The van der Waals surface area contributed by atoms with Gasteiger partial charge in [0.1, 0.15) is 0 Å². The molecule has 4 nitrogen and oxygen atoms in total. The zero-order chi connectivity index (χ0) is 13.4. The largest absolute Gasteiger partial charge is 0.330 e. The molecule has 1 aromatic carbocycles. The van der Waals surface area contributed by atoms with E-state index in [1.807, 2.05) is 12.1 Å². The van der Waals surface area contributed by atoms with Crippen LogP contribution in [0.3, 0.4) is 0 Å². The number of sulfonamides is 1. The molecule has 1 fully saturated rings. The van der Waals surface area contributed by atoms with Crippen molar-refractivity contribution in [1.29, 1.82) is 0 Å². The van der Waals surface area contributed by atoms with Crippen LogP contribution < -0.4 is 5.73 Å². The molecule has 1 saturated carbocycles. The average molecular weight is 268 g/mol. The van der Waals surface area contributed by atoms with Crippen LogP contribution in [0.4, 0.5) is 0 Å². The van der Waals surface area contributed by atoms with Crippen LogP contribution in [0.25, 0.3) is 0 Å². The van der Waals surface area contributed by atoms with Gasteiger partial charge in [0, 0.05) is 26.1 Å². The zero-order valence-electron chi connectivity index (χ0n) is 10.9. The maximum Gasteiger partial charge on any atom is 0.242 e. The molecule has 0 aromatic heterocycles. The lowest BCUT2D eigenvalue weighted by Gasteiger charge is -2.41. The van der Waals surface area contributed by atoms with Gasteiger partial charge in [-0.05, 0) is 30.5 Å². The van der Waals surface area contributed by atoms with E-state index in [9.17, 15) is 8.42 Å². The zero-order valence-corrected chi connectivity index (χ0v) is 11.7. The van der Waals surface area contributed by atoms with Crippen LogP contribution in [-0.4, -0.2) is 33.4 Å². The number of hydrogen-bond acceptors (Lipinski definition) is 3. The standard InChI is InChI=1S/C13H20N2O2S/c1-15(2)18(16,17)12-6-4-11(5-7-12)13(10-14)8-3-9-13/h4-7H,3,8-10,14H2,1-2H3. The molecule has 0 radical (unpaired) electrons. The molecule has 1 aliphatic rings. The van der Waals surface area contributed by atoms with Crippen LogP contribution in [0.1, 0.15) is 24.8 Å². The van der Waals surface area contributed by atoms with E-state index in [-0.39, 0.29) is 5.41 Å². The number of hydrogen-bond donors (Lipinski definition) is 1. The Morgan fingerprint density at radius 2 is 1.78 bits per heavy atom. The first-order chi connectivity index (χ1) is 8.42. The van der Waals surface area contributed by atoms with Crippen molar-refractivity contribution in [1.82, 2.24) is 4.31 Å². The van der Waals surface area contributed by atoms with Gasteiger partial charge in [0.05, 0.1) is 4.90 Å². The first-order valence-corrected chi connectivity index (χ1v) is 7.59. The molecule has 0 bridgehead atoms. The molecule has 100 valence electrons. The lowest BCUT2D eigenvalue weighted by Crippen LogP contribution is -2.41. The fourth-order valence-corrected chi connectivity index (χ4v) is 3.31. The smallest absolute Gasteiger partial charge is 0.242 e. The Bertz CT molecular complexity index is 511. The highest BCUT2D eigenvalue weighted by Gasteiger charge is 2.37. The van der Waals surface area contributed by atoms with Gasteiger partial charge >= 0.3 is 0 Å². The van der Waals surface area contributed by atoms with E-state index >= 15 is 0 Å². The quantitative estimate of drug-likeness (QED) is 0.895. The molecule has 1 aromatic rings. The Morgan fingerprint density at radius 1 is 1.22 bits per heavy atom. The molecular formula is C13H20N2O2S. The van der Waals surface area contributed by atoms with Crippen LogP contribution in [-0.2, 0) is 15.4 Å². The fourth-order valence-electron chi connectivity index (χ4n) is 2.41. The fraction of sp³-hybridized carbons (Fsp3) is 0.538. The minimum atomic E-state index is -3.33. The molecule has 0 atom stereocenters. The second kappa shape index (κ2) is 4.64. The van der Waals surface area contributed by atoms with Gasteiger partial charge in [-0.15, -0.1) is 0 Å². The van der Waals surface area contributed by atoms with Gasteiger partial charge in [-0.2, -0.15) is 0 Å². The summed E-state index contributed by atoms with van der Waals surface area (Å²) in [5.74, 6) is 0. The summed E-state index contributed by atoms with van der Waals surface area (Å²) in [6.07, 6.45) is 3.40. The highest BCUT2D eigenvalue weighted by atomic mass is 32.2. The summed E-state index contributed by atoms with van der Waals surface area (Å²) in [6, 6.07) is 7.17. The number of nitrogens with two attached hydrogens (primary N) is 1. The summed E-state index contributed by atoms with van der Waals surface area (Å²) in [4.78, 5) is 0.336. The van der Waals surface area contributed by atoms with Crippen molar-refractivity contribution < 1.29 is 8.42 Å². The first kappa shape index (κ1) is 13.5. The van der Waals surface area contributed by atoms with Crippen molar-refractivity contribution in [2.24, 2.45) is 5.73 Å². The second-order valence-corrected chi connectivity index (χ2v) is 7.30. The van der Waals surface area contributed by atoms with E-state index in [0.717, 1.165) is 18.4 Å². The van der Waals surface area contributed by atoms with Crippen molar-refractivity contribution in [3.8, 4) is 0 Å². The maximum absolute atomic E-state index is 11.9. The number of nitrogens with zero attached hydrogens (tertiary/aromatic N) is 1. The van der Waals surface area contributed by atoms with E-state index in [2.05, 4.69) is 0 Å². The Morgan fingerprint density at radius 3 is 2.11 bits per heavy atom. The Labute approximate surface area is 109 Å². The minimum Gasteiger partial charge on any atom is -0.330 e. The van der Waals surface area contributed by atoms with E-state index in [1.54, 1.807) is 12.1 Å². The first-order valence-electron chi connectivity index (χ1n) is 6.15. The Hall–Kier alpha value is -0.910. The van der Waals surface area contributed by atoms with Crippen LogP contribution >= 0.6 is 0 Å². The van der Waals surface area contributed by atoms with E-state index in [1.165, 1.54) is 24.8 Å². The molecule has 1 aliphatic carbocycles. The monoisotopic (exact) mass is 268 g/mol. The second-order valence-electron chi connectivity index (χ2n) is 5.15. The van der Waals surface area contributed by atoms with Gasteiger partial charge in [0.2, 0.25) is 10.0 Å². The summed E-state index contributed by atoms with van der Waals surface area (Å²) in [6.45, 7) is 0.632. The SMILES string of the molecule is CN(C)S(=O)(=O)c1ccc(C2(CN)CCC2)cc1. The van der Waals surface area contributed by atoms with Crippen LogP contribution in [0.5, 0.6) is 0 Å². The van der Waals surface area contributed by atoms with E-state index in [0.29, 0.717) is 11.4 Å². The van der Waals surface area contributed by atoms with Crippen LogP contribution in [0.15, 0.2) is 29.2 Å². The molecule has 0 aliphatic heterocycles. The summed E-state index contributed by atoms with van der Waals surface area (Å²) < 4.78 is 25.1. The van der Waals surface area contributed by atoms with Crippen molar-refractivity contribution in [2.45, 2.75) is 29.6 Å².